The van der Waals surface area contributed by atoms with Gasteiger partial charge < -0.3 is 9.84 Å². The van der Waals surface area contributed by atoms with Gasteiger partial charge >= 0.3 is 0 Å². The average molecular weight is 270 g/mol. The van der Waals surface area contributed by atoms with Crippen molar-refractivity contribution in [2.24, 2.45) is 0 Å². The molecule has 0 amide bonds. The lowest BCUT2D eigenvalue weighted by Crippen LogP contribution is -2.02. The molecule has 0 unspecified atom stereocenters. The van der Waals surface area contributed by atoms with Crippen LogP contribution >= 0.6 is 0 Å². The molecule has 2 aromatic carbocycles. The molecule has 2 heteroatoms. The highest BCUT2D eigenvalue weighted by Crippen LogP contribution is 2.26. The highest BCUT2D eigenvalue weighted by Gasteiger charge is 2.07. The summed E-state index contributed by atoms with van der Waals surface area (Å²) in [6.07, 6.45) is 0. The minimum atomic E-state index is 0.0684. The summed E-state index contributed by atoms with van der Waals surface area (Å²) in [5.74, 6) is 0.920. The van der Waals surface area contributed by atoms with E-state index < -0.39 is 0 Å². The van der Waals surface area contributed by atoms with Crippen LogP contribution in [0.4, 0.5) is 0 Å². The molecule has 0 fully saturated rings. The summed E-state index contributed by atoms with van der Waals surface area (Å²) in [5.41, 5.74) is 6.78. The standard InChI is InChI=1S/C18H22O2/c1-12-5-6-13(2)17(7-12)11-20-18-14(3)8-16(10-19)9-15(18)4/h5-9,19H,10-11H2,1-4H3. The maximum absolute atomic E-state index is 9.21. The predicted octanol–water partition coefficient (Wildman–Crippen LogP) is 3.99. The number of aryl methyl sites for hydroxylation is 4. The van der Waals surface area contributed by atoms with Gasteiger partial charge in [-0.3, -0.25) is 0 Å². The van der Waals surface area contributed by atoms with Crippen molar-refractivity contribution in [1.29, 1.82) is 0 Å². The second-order valence-electron chi connectivity index (χ2n) is 5.44. The zero-order valence-electron chi connectivity index (χ0n) is 12.7. The van der Waals surface area contributed by atoms with E-state index in [0.717, 1.165) is 22.4 Å². The third-order valence-corrected chi connectivity index (χ3v) is 3.58. The first kappa shape index (κ1) is 14.6. The van der Waals surface area contributed by atoms with Crippen LogP contribution in [0.3, 0.4) is 0 Å². The van der Waals surface area contributed by atoms with E-state index in [2.05, 4.69) is 32.0 Å². The van der Waals surface area contributed by atoms with Gasteiger partial charge in [0.15, 0.2) is 0 Å². The van der Waals surface area contributed by atoms with E-state index in [-0.39, 0.29) is 6.61 Å². The van der Waals surface area contributed by atoms with Crippen LogP contribution < -0.4 is 4.74 Å². The number of rotatable bonds is 4. The van der Waals surface area contributed by atoms with Gasteiger partial charge in [0.2, 0.25) is 0 Å². The van der Waals surface area contributed by atoms with Crippen molar-refractivity contribution in [2.45, 2.75) is 40.9 Å². The normalized spacial score (nSPS) is 10.7. The second-order valence-corrected chi connectivity index (χ2v) is 5.44. The zero-order valence-corrected chi connectivity index (χ0v) is 12.7. The average Bonchev–Trinajstić information content (AvgIpc) is 2.41. The molecule has 2 nitrogen and oxygen atoms in total. The Labute approximate surface area is 121 Å². The van der Waals surface area contributed by atoms with Crippen LogP contribution in [-0.4, -0.2) is 5.11 Å². The molecule has 0 heterocycles. The summed E-state index contributed by atoms with van der Waals surface area (Å²) in [5, 5.41) is 9.21. The SMILES string of the molecule is Cc1ccc(C)c(COc2c(C)cc(CO)cc2C)c1. The predicted molar refractivity (Wildman–Crippen MR) is 82.1 cm³/mol. The number of aliphatic hydroxyl groups is 1. The molecule has 0 spiro atoms. The van der Waals surface area contributed by atoms with E-state index in [9.17, 15) is 5.11 Å². The summed E-state index contributed by atoms with van der Waals surface area (Å²) in [6.45, 7) is 8.88. The fourth-order valence-corrected chi connectivity index (χ4v) is 2.46. The topological polar surface area (TPSA) is 29.5 Å². The van der Waals surface area contributed by atoms with Crippen molar-refractivity contribution in [3.05, 3.63) is 63.7 Å². The Bertz CT molecular complexity index is 592. The number of aliphatic hydroxyl groups excluding tert-OH is 1. The van der Waals surface area contributed by atoms with Crippen LogP contribution in [0.5, 0.6) is 5.75 Å². The number of benzene rings is 2. The highest BCUT2D eigenvalue weighted by atomic mass is 16.5. The first-order valence-electron chi connectivity index (χ1n) is 6.91. The van der Waals surface area contributed by atoms with E-state index in [1.165, 1.54) is 16.7 Å². The summed E-state index contributed by atoms with van der Waals surface area (Å²) in [6, 6.07) is 10.4. The highest BCUT2D eigenvalue weighted by molar-refractivity contribution is 5.43. The summed E-state index contributed by atoms with van der Waals surface area (Å²) < 4.78 is 6.01. The van der Waals surface area contributed by atoms with Crippen molar-refractivity contribution >= 4 is 0 Å². The van der Waals surface area contributed by atoms with Crippen LogP contribution in [0.15, 0.2) is 30.3 Å². The molecular formula is C18H22O2. The van der Waals surface area contributed by atoms with E-state index >= 15 is 0 Å². The molecule has 0 radical (unpaired) electrons. The van der Waals surface area contributed by atoms with Crippen LogP contribution in [0, 0.1) is 27.7 Å². The molecule has 2 rings (SSSR count). The van der Waals surface area contributed by atoms with Crippen molar-refractivity contribution in [1.82, 2.24) is 0 Å². The summed E-state index contributed by atoms with van der Waals surface area (Å²) >= 11 is 0. The minimum Gasteiger partial charge on any atom is -0.488 e. The molecule has 0 bridgehead atoms. The van der Waals surface area contributed by atoms with E-state index in [0.29, 0.717) is 6.61 Å². The third-order valence-electron chi connectivity index (χ3n) is 3.58. The van der Waals surface area contributed by atoms with Gasteiger partial charge in [0, 0.05) is 0 Å². The van der Waals surface area contributed by atoms with Gasteiger partial charge in [-0.15, -0.1) is 0 Å². The Balaban J connectivity index is 2.21. The maximum Gasteiger partial charge on any atom is 0.125 e. The molecule has 0 aliphatic rings. The Morgan fingerprint density at radius 1 is 0.900 bits per heavy atom. The first-order chi connectivity index (χ1) is 9.51. The number of hydrogen-bond acceptors (Lipinski definition) is 2. The van der Waals surface area contributed by atoms with Gasteiger partial charge in [0.05, 0.1) is 6.61 Å². The summed E-state index contributed by atoms with van der Waals surface area (Å²) in [7, 11) is 0. The largest absolute Gasteiger partial charge is 0.488 e. The Morgan fingerprint density at radius 2 is 1.55 bits per heavy atom. The maximum atomic E-state index is 9.21. The lowest BCUT2D eigenvalue weighted by Gasteiger charge is -2.15. The van der Waals surface area contributed by atoms with Crippen molar-refractivity contribution in [2.75, 3.05) is 0 Å². The third kappa shape index (κ3) is 3.20. The lowest BCUT2D eigenvalue weighted by molar-refractivity contribution is 0.280. The van der Waals surface area contributed by atoms with Gasteiger partial charge in [-0.2, -0.15) is 0 Å². The monoisotopic (exact) mass is 270 g/mol. The molecule has 0 saturated carbocycles. The molecule has 0 aliphatic carbocycles. The molecular weight excluding hydrogens is 248 g/mol. The van der Waals surface area contributed by atoms with Crippen molar-refractivity contribution < 1.29 is 9.84 Å². The molecule has 1 N–H and O–H groups in total. The molecule has 0 aliphatic heterocycles. The van der Waals surface area contributed by atoms with Gasteiger partial charge in [-0.05, 0) is 55.5 Å². The number of ether oxygens (including phenoxy) is 1. The van der Waals surface area contributed by atoms with Crippen molar-refractivity contribution in [3.8, 4) is 5.75 Å². The first-order valence-corrected chi connectivity index (χ1v) is 6.91. The second kappa shape index (κ2) is 6.10. The van der Waals surface area contributed by atoms with E-state index in [4.69, 9.17) is 4.74 Å². The van der Waals surface area contributed by atoms with E-state index in [1.807, 2.05) is 26.0 Å². The quantitative estimate of drug-likeness (QED) is 0.910. The molecule has 0 atom stereocenters. The zero-order chi connectivity index (χ0) is 14.7. The molecule has 2 aromatic rings. The van der Waals surface area contributed by atoms with Gasteiger partial charge in [0.25, 0.3) is 0 Å². The van der Waals surface area contributed by atoms with Gasteiger partial charge in [-0.1, -0.05) is 35.9 Å². The minimum absolute atomic E-state index is 0.0684. The van der Waals surface area contributed by atoms with Crippen LogP contribution in [0.25, 0.3) is 0 Å². The fourth-order valence-electron chi connectivity index (χ4n) is 2.46. The fraction of sp³-hybridized carbons (Fsp3) is 0.333. The van der Waals surface area contributed by atoms with Gasteiger partial charge in [0.1, 0.15) is 12.4 Å². The van der Waals surface area contributed by atoms with Gasteiger partial charge in [-0.25, -0.2) is 0 Å². The lowest BCUT2D eigenvalue weighted by atomic mass is 10.1. The molecule has 20 heavy (non-hydrogen) atoms. The number of hydrogen-bond donors (Lipinski definition) is 1. The van der Waals surface area contributed by atoms with Crippen LogP contribution in [-0.2, 0) is 13.2 Å². The Morgan fingerprint density at radius 3 is 2.15 bits per heavy atom. The van der Waals surface area contributed by atoms with Crippen LogP contribution in [0.2, 0.25) is 0 Å². The van der Waals surface area contributed by atoms with E-state index in [1.54, 1.807) is 0 Å². The van der Waals surface area contributed by atoms with Crippen molar-refractivity contribution in [3.63, 3.8) is 0 Å². The van der Waals surface area contributed by atoms with Crippen LogP contribution in [0.1, 0.15) is 33.4 Å². The molecule has 0 aromatic heterocycles. The molecule has 0 saturated heterocycles. The Kier molecular flexibility index (Phi) is 4.46. The molecule has 106 valence electrons. The summed E-state index contributed by atoms with van der Waals surface area (Å²) in [4.78, 5) is 0. The Hall–Kier alpha value is -1.80. The smallest absolute Gasteiger partial charge is 0.125 e.